The highest BCUT2D eigenvalue weighted by molar-refractivity contribution is 7.91. The van der Waals surface area contributed by atoms with Crippen LogP contribution in [0.5, 0.6) is 0 Å². The summed E-state index contributed by atoms with van der Waals surface area (Å²) >= 11 is 0. The summed E-state index contributed by atoms with van der Waals surface area (Å²) in [5.41, 5.74) is 0.845. The summed E-state index contributed by atoms with van der Waals surface area (Å²) in [6.07, 6.45) is 5.83. The van der Waals surface area contributed by atoms with E-state index in [1.165, 1.54) is 12.8 Å². The van der Waals surface area contributed by atoms with E-state index in [2.05, 4.69) is 0 Å². The maximum Gasteiger partial charge on any atom is 0.222 e. The molecule has 0 aromatic heterocycles. The van der Waals surface area contributed by atoms with Gasteiger partial charge in [0.25, 0.3) is 0 Å². The summed E-state index contributed by atoms with van der Waals surface area (Å²) in [5, 5.41) is -0.479. The molecule has 1 saturated heterocycles. The van der Waals surface area contributed by atoms with Crippen LogP contribution in [-0.2, 0) is 14.6 Å². The number of benzene rings is 1. The third-order valence-corrected chi connectivity index (χ3v) is 7.33. The average Bonchev–Trinajstić information content (AvgIpc) is 2.98. The Hall–Kier alpha value is -1.36. The van der Waals surface area contributed by atoms with Gasteiger partial charge in [0.15, 0.2) is 9.84 Å². The van der Waals surface area contributed by atoms with E-state index in [4.69, 9.17) is 0 Å². The van der Waals surface area contributed by atoms with Crippen LogP contribution in [0.2, 0.25) is 0 Å². The minimum Gasteiger partial charge on any atom is -0.342 e. The molecule has 1 unspecified atom stereocenters. The van der Waals surface area contributed by atoms with Crippen molar-refractivity contribution in [3.05, 3.63) is 35.9 Å². The largest absolute Gasteiger partial charge is 0.342 e. The van der Waals surface area contributed by atoms with Crippen molar-refractivity contribution < 1.29 is 13.2 Å². The van der Waals surface area contributed by atoms with Gasteiger partial charge in [0.1, 0.15) is 0 Å². The van der Waals surface area contributed by atoms with Gasteiger partial charge in [-0.25, -0.2) is 8.42 Å². The number of amides is 1. The van der Waals surface area contributed by atoms with Crippen LogP contribution in [0.25, 0.3) is 0 Å². The van der Waals surface area contributed by atoms with Gasteiger partial charge in [-0.05, 0) is 30.7 Å². The third-order valence-electron chi connectivity index (χ3n) is 5.20. The van der Waals surface area contributed by atoms with Gasteiger partial charge in [0.05, 0.1) is 11.0 Å². The highest BCUT2D eigenvalue weighted by Crippen LogP contribution is 2.31. The molecule has 2 aliphatic rings. The molecule has 0 radical (unpaired) electrons. The lowest BCUT2D eigenvalue weighted by atomic mass is 10.0. The molecule has 0 spiro atoms. The van der Waals surface area contributed by atoms with Crippen molar-refractivity contribution in [1.29, 1.82) is 0 Å². The van der Waals surface area contributed by atoms with E-state index in [1.807, 2.05) is 30.3 Å². The normalized spacial score (nSPS) is 25.2. The topological polar surface area (TPSA) is 54.5 Å². The first kappa shape index (κ1) is 16.5. The second kappa shape index (κ2) is 7.04. The smallest absolute Gasteiger partial charge is 0.222 e. The molecule has 1 aromatic carbocycles. The number of hydrogen-bond acceptors (Lipinski definition) is 3. The van der Waals surface area contributed by atoms with Crippen LogP contribution in [0.3, 0.4) is 0 Å². The molecule has 1 heterocycles. The maximum atomic E-state index is 12.6. The standard InChI is InChI=1S/C18H25NO3S/c20-18(14-15-6-4-5-7-15)19-11-10-17(23(21,22)13-12-19)16-8-2-1-3-9-16/h1-3,8-9,15,17H,4-7,10-14H2. The predicted molar refractivity (Wildman–Crippen MR) is 90.7 cm³/mol. The van der Waals surface area contributed by atoms with Gasteiger partial charge < -0.3 is 4.90 Å². The first-order valence-corrected chi connectivity index (χ1v) is 10.3. The minimum atomic E-state index is -3.20. The first-order valence-electron chi connectivity index (χ1n) is 8.60. The van der Waals surface area contributed by atoms with Gasteiger partial charge in [0, 0.05) is 19.5 Å². The van der Waals surface area contributed by atoms with Crippen molar-refractivity contribution in [2.45, 2.75) is 43.8 Å². The van der Waals surface area contributed by atoms with E-state index in [1.54, 1.807) is 4.90 Å². The van der Waals surface area contributed by atoms with Gasteiger partial charge in [0.2, 0.25) is 5.91 Å². The van der Waals surface area contributed by atoms with Crippen LogP contribution in [0.1, 0.15) is 49.3 Å². The Labute approximate surface area is 138 Å². The Balaban J connectivity index is 1.68. The molecule has 1 aromatic rings. The van der Waals surface area contributed by atoms with Crippen LogP contribution < -0.4 is 0 Å². The molecule has 1 aliphatic carbocycles. The monoisotopic (exact) mass is 335 g/mol. The van der Waals surface area contributed by atoms with Crippen molar-refractivity contribution in [1.82, 2.24) is 4.90 Å². The van der Waals surface area contributed by atoms with Gasteiger partial charge >= 0.3 is 0 Å². The zero-order chi connectivity index (χ0) is 16.3. The number of rotatable bonds is 3. The first-order chi connectivity index (χ1) is 11.1. The fourth-order valence-electron chi connectivity index (χ4n) is 3.83. The number of sulfone groups is 1. The Bertz CT molecular complexity index is 635. The van der Waals surface area contributed by atoms with E-state index >= 15 is 0 Å². The van der Waals surface area contributed by atoms with E-state index < -0.39 is 15.1 Å². The fraction of sp³-hybridized carbons (Fsp3) is 0.611. The van der Waals surface area contributed by atoms with Crippen molar-refractivity contribution in [2.24, 2.45) is 5.92 Å². The summed E-state index contributed by atoms with van der Waals surface area (Å²) in [4.78, 5) is 14.3. The molecular formula is C18H25NO3S. The number of carbonyl (C=O) groups is 1. The quantitative estimate of drug-likeness (QED) is 0.853. The molecule has 1 amide bonds. The average molecular weight is 335 g/mol. The Morgan fingerprint density at radius 2 is 1.74 bits per heavy atom. The van der Waals surface area contributed by atoms with Crippen LogP contribution in [-0.4, -0.2) is 38.1 Å². The molecule has 1 aliphatic heterocycles. The van der Waals surface area contributed by atoms with Crippen LogP contribution in [0.4, 0.5) is 0 Å². The molecule has 2 fully saturated rings. The van der Waals surface area contributed by atoms with Crippen LogP contribution >= 0.6 is 0 Å². The second-order valence-corrected chi connectivity index (χ2v) is 9.09. The summed E-state index contributed by atoms with van der Waals surface area (Å²) in [7, 11) is -3.20. The van der Waals surface area contributed by atoms with Crippen molar-refractivity contribution >= 4 is 15.7 Å². The van der Waals surface area contributed by atoms with E-state index in [-0.39, 0.29) is 11.7 Å². The molecule has 1 atom stereocenters. The van der Waals surface area contributed by atoms with Crippen LogP contribution in [0, 0.1) is 5.92 Å². The maximum absolute atomic E-state index is 12.6. The molecule has 0 bridgehead atoms. The van der Waals surface area contributed by atoms with Gasteiger partial charge in [-0.3, -0.25) is 4.79 Å². The Morgan fingerprint density at radius 1 is 1.04 bits per heavy atom. The summed E-state index contributed by atoms with van der Waals surface area (Å²) in [6, 6.07) is 9.39. The zero-order valence-corrected chi connectivity index (χ0v) is 14.3. The van der Waals surface area contributed by atoms with E-state index in [0.29, 0.717) is 31.8 Å². The molecular weight excluding hydrogens is 310 g/mol. The van der Waals surface area contributed by atoms with Crippen molar-refractivity contribution in [3.8, 4) is 0 Å². The summed E-state index contributed by atoms with van der Waals surface area (Å²) < 4.78 is 25.2. The zero-order valence-electron chi connectivity index (χ0n) is 13.5. The van der Waals surface area contributed by atoms with Crippen LogP contribution in [0.15, 0.2) is 30.3 Å². The summed E-state index contributed by atoms with van der Waals surface area (Å²) in [5.74, 6) is 0.719. The molecule has 23 heavy (non-hydrogen) atoms. The third kappa shape index (κ3) is 3.94. The SMILES string of the molecule is O=C(CC1CCCC1)N1CCC(c2ccccc2)S(=O)(=O)CC1. The molecule has 4 nitrogen and oxygen atoms in total. The second-order valence-electron chi connectivity index (χ2n) is 6.79. The van der Waals surface area contributed by atoms with Crippen molar-refractivity contribution in [3.63, 3.8) is 0 Å². The van der Waals surface area contributed by atoms with E-state index in [0.717, 1.165) is 18.4 Å². The van der Waals surface area contributed by atoms with Crippen molar-refractivity contribution in [2.75, 3.05) is 18.8 Å². The minimum absolute atomic E-state index is 0.0724. The molecule has 126 valence electrons. The molecule has 3 rings (SSSR count). The number of nitrogens with zero attached hydrogens (tertiary/aromatic N) is 1. The highest BCUT2D eigenvalue weighted by atomic mass is 32.2. The lowest BCUT2D eigenvalue weighted by Gasteiger charge is -2.21. The van der Waals surface area contributed by atoms with Gasteiger partial charge in [-0.2, -0.15) is 0 Å². The molecule has 0 N–H and O–H groups in total. The molecule has 5 heteroatoms. The summed E-state index contributed by atoms with van der Waals surface area (Å²) in [6.45, 7) is 0.890. The van der Waals surface area contributed by atoms with Gasteiger partial charge in [-0.15, -0.1) is 0 Å². The lowest BCUT2D eigenvalue weighted by molar-refractivity contribution is -0.131. The lowest BCUT2D eigenvalue weighted by Crippen LogP contribution is -2.34. The molecule has 1 saturated carbocycles. The fourth-order valence-corrected chi connectivity index (χ4v) is 5.62. The number of carbonyl (C=O) groups excluding carboxylic acids is 1. The van der Waals surface area contributed by atoms with E-state index in [9.17, 15) is 13.2 Å². The predicted octanol–water partition coefficient (Wildman–Crippen LogP) is 2.96. The highest BCUT2D eigenvalue weighted by Gasteiger charge is 2.33. The Kier molecular flexibility index (Phi) is 5.05. The Morgan fingerprint density at radius 3 is 2.43 bits per heavy atom. The number of hydrogen-bond donors (Lipinski definition) is 0. The van der Waals surface area contributed by atoms with Gasteiger partial charge in [-0.1, -0.05) is 43.2 Å².